The van der Waals surface area contributed by atoms with Crippen molar-refractivity contribution in [1.29, 1.82) is 0 Å². The molecule has 2 aromatic carbocycles. The lowest BCUT2D eigenvalue weighted by Crippen LogP contribution is -2.34. The van der Waals surface area contributed by atoms with E-state index in [1.54, 1.807) is 12.4 Å². The minimum Gasteiger partial charge on any atom is -0.378 e. The van der Waals surface area contributed by atoms with E-state index in [0.717, 1.165) is 53.8 Å². The fourth-order valence-electron chi connectivity index (χ4n) is 5.38. The van der Waals surface area contributed by atoms with Crippen LogP contribution >= 0.6 is 0 Å². The summed E-state index contributed by atoms with van der Waals surface area (Å²) in [6, 6.07) is 17.5. The van der Waals surface area contributed by atoms with Crippen molar-refractivity contribution in [3.8, 4) is 11.1 Å². The molecule has 1 saturated heterocycles. The Bertz CT molecular complexity index is 1470. The van der Waals surface area contributed by atoms with Crippen molar-refractivity contribution >= 4 is 27.6 Å². The third-order valence-corrected chi connectivity index (χ3v) is 7.37. The number of aryl methyl sites for hydroxylation is 1. The molecule has 35 heavy (non-hydrogen) atoms. The predicted octanol–water partition coefficient (Wildman–Crippen LogP) is 5.68. The van der Waals surface area contributed by atoms with Crippen LogP contribution in [0.25, 0.3) is 33.1 Å². The third kappa shape index (κ3) is 4.26. The molecule has 0 amide bonds. The van der Waals surface area contributed by atoms with Crippen LogP contribution in [0, 0.1) is 5.92 Å². The average Bonchev–Trinajstić information content (AvgIpc) is 3.28. The number of likely N-dealkylation sites (tertiary alicyclic amines) is 1. The fourth-order valence-corrected chi connectivity index (χ4v) is 5.38. The lowest BCUT2D eigenvalue weighted by molar-refractivity contribution is 0.204. The monoisotopic (exact) mass is 462 g/mol. The minimum atomic E-state index is 0.190. The van der Waals surface area contributed by atoms with Crippen molar-refractivity contribution < 1.29 is 0 Å². The summed E-state index contributed by atoms with van der Waals surface area (Å²) in [6.45, 7) is 2.24. The highest BCUT2D eigenvalue weighted by atomic mass is 15.1. The van der Waals surface area contributed by atoms with E-state index in [1.807, 2.05) is 18.5 Å². The van der Waals surface area contributed by atoms with Gasteiger partial charge < -0.3 is 14.8 Å². The summed E-state index contributed by atoms with van der Waals surface area (Å²) >= 11 is 0. The first-order valence-electron chi connectivity index (χ1n) is 12.3. The molecule has 3 aromatic heterocycles. The summed E-state index contributed by atoms with van der Waals surface area (Å²) in [6.07, 6.45) is 11.8. The van der Waals surface area contributed by atoms with Gasteiger partial charge in [-0.2, -0.15) is 0 Å². The quantitative estimate of drug-likeness (QED) is 0.364. The number of hydrogen-bond donors (Lipinski definition) is 1. The molecule has 6 rings (SSSR count). The number of anilines is 1. The number of rotatable bonds is 5. The highest BCUT2D eigenvalue weighted by Crippen LogP contribution is 2.37. The van der Waals surface area contributed by atoms with Crippen molar-refractivity contribution in [3.63, 3.8) is 0 Å². The van der Waals surface area contributed by atoms with Crippen LogP contribution in [0.2, 0.25) is 0 Å². The first-order valence-corrected chi connectivity index (χ1v) is 12.3. The van der Waals surface area contributed by atoms with Gasteiger partial charge in [-0.1, -0.05) is 18.2 Å². The second kappa shape index (κ2) is 9.12. The van der Waals surface area contributed by atoms with Gasteiger partial charge in [-0.3, -0.25) is 15.0 Å². The van der Waals surface area contributed by atoms with Gasteiger partial charge in [0.15, 0.2) is 0 Å². The van der Waals surface area contributed by atoms with Crippen LogP contribution in [0.3, 0.4) is 0 Å². The fraction of sp³-hybridized carbons (Fsp3) is 0.276. The summed E-state index contributed by atoms with van der Waals surface area (Å²) in [4.78, 5) is 16.2. The molecule has 4 heterocycles. The SMILES string of the molecule is CN1CCC(C(Nc2cc(-c3ccc4ccn(C)c4c3)c3nccnc3c2)c2cccnc2)CC1. The Labute approximate surface area is 205 Å². The topological polar surface area (TPSA) is 58.9 Å². The molecule has 1 fully saturated rings. The molecule has 0 spiro atoms. The maximum atomic E-state index is 4.71. The van der Waals surface area contributed by atoms with Crippen molar-refractivity contribution in [3.05, 3.63) is 85.1 Å². The number of fused-ring (bicyclic) bond motifs is 2. The molecule has 1 aliphatic rings. The van der Waals surface area contributed by atoms with Crippen LogP contribution in [0.4, 0.5) is 5.69 Å². The molecule has 176 valence electrons. The summed E-state index contributed by atoms with van der Waals surface area (Å²) in [5, 5.41) is 5.13. The van der Waals surface area contributed by atoms with Gasteiger partial charge in [0.25, 0.3) is 0 Å². The molecule has 6 nitrogen and oxygen atoms in total. The van der Waals surface area contributed by atoms with E-state index < -0.39 is 0 Å². The molecule has 1 N–H and O–H groups in total. The van der Waals surface area contributed by atoms with Crippen molar-refractivity contribution in [2.75, 3.05) is 25.5 Å². The lowest BCUT2D eigenvalue weighted by Gasteiger charge is -2.35. The van der Waals surface area contributed by atoms with Gasteiger partial charge in [-0.05, 0) is 85.7 Å². The van der Waals surface area contributed by atoms with Crippen LogP contribution in [0.15, 0.2) is 79.5 Å². The molecule has 6 heteroatoms. The second-order valence-electron chi connectivity index (χ2n) is 9.70. The Balaban J connectivity index is 1.44. The van der Waals surface area contributed by atoms with Crippen LogP contribution in [0.5, 0.6) is 0 Å². The molecular weight excluding hydrogens is 432 g/mol. The summed E-state index contributed by atoms with van der Waals surface area (Å²) < 4.78 is 2.16. The molecule has 1 aliphatic heterocycles. The van der Waals surface area contributed by atoms with Crippen molar-refractivity contribution in [2.24, 2.45) is 13.0 Å². The summed E-state index contributed by atoms with van der Waals surface area (Å²) in [5.74, 6) is 0.538. The highest BCUT2D eigenvalue weighted by molar-refractivity contribution is 5.97. The van der Waals surface area contributed by atoms with E-state index in [4.69, 9.17) is 4.98 Å². The predicted molar refractivity (Wildman–Crippen MR) is 142 cm³/mol. The number of piperidine rings is 1. The number of hydrogen-bond acceptors (Lipinski definition) is 5. The van der Waals surface area contributed by atoms with E-state index in [1.165, 1.54) is 16.5 Å². The highest BCUT2D eigenvalue weighted by Gasteiger charge is 2.27. The van der Waals surface area contributed by atoms with E-state index in [9.17, 15) is 0 Å². The van der Waals surface area contributed by atoms with Crippen molar-refractivity contribution in [2.45, 2.75) is 18.9 Å². The number of nitrogens with zero attached hydrogens (tertiary/aromatic N) is 5. The lowest BCUT2D eigenvalue weighted by atomic mass is 9.85. The van der Waals surface area contributed by atoms with Gasteiger partial charge in [-0.25, -0.2) is 0 Å². The molecule has 1 unspecified atom stereocenters. The van der Waals surface area contributed by atoms with Crippen LogP contribution < -0.4 is 5.32 Å². The Morgan fingerprint density at radius 2 is 1.80 bits per heavy atom. The number of aromatic nitrogens is 4. The minimum absolute atomic E-state index is 0.190. The summed E-state index contributed by atoms with van der Waals surface area (Å²) in [5.41, 5.74) is 7.55. The smallest absolute Gasteiger partial charge is 0.0966 e. The van der Waals surface area contributed by atoms with Crippen molar-refractivity contribution in [1.82, 2.24) is 24.4 Å². The molecule has 0 bridgehead atoms. The van der Waals surface area contributed by atoms with Crippen LogP contribution in [0.1, 0.15) is 24.4 Å². The standard InChI is InChI=1S/C29H30N6/c1-34-13-7-21(8-14-34)28(23-4-3-10-30-19-23)33-24-17-25(29-26(18-24)31-11-12-32-29)22-6-5-20-9-15-35(2)27(20)16-22/h3-6,9-12,15-19,21,28,33H,7-8,13-14H2,1-2H3. The zero-order chi connectivity index (χ0) is 23.8. The van der Waals surface area contributed by atoms with E-state index in [0.29, 0.717) is 5.92 Å². The normalized spacial score (nSPS) is 16.1. The third-order valence-electron chi connectivity index (χ3n) is 7.37. The zero-order valence-corrected chi connectivity index (χ0v) is 20.2. The maximum Gasteiger partial charge on any atom is 0.0966 e. The molecular formula is C29H30N6. The van der Waals surface area contributed by atoms with Gasteiger partial charge >= 0.3 is 0 Å². The largest absolute Gasteiger partial charge is 0.378 e. The molecule has 0 aliphatic carbocycles. The number of benzene rings is 2. The average molecular weight is 463 g/mol. The Kier molecular flexibility index (Phi) is 5.66. The second-order valence-corrected chi connectivity index (χ2v) is 9.70. The van der Waals surface area contributed by atoms with Crippen LogP contribution in [-0.2, 0) is 7.05 Å². The Morgan fingerprint density at radius 3 is 2.63 bits per heavy atom. The van der Waals surface area contributed by atoms with Gasteiger partial charge in [0.2, 0.25) is 0 Å². The van der Waals surface area contributed by atoms with E-state index >= 15 is 0 Å². The maximum absolute atomic E-state index is 4.71. The summed E-state index contributed by atoms with van der Waals surface area (Å²) in [7, 11) is 4.29. The molecule has 0 radical (unpaired) electrons. The van der Waals surface area contributed by atoms with Gasteiger partial charge in [0, 0.05) is 54.8 Å². The molecule has 5 aromatic rings. The van der Waals surface area contributed by atoms with Gasteiger partial charge in [-0.15, -0.1) is 0 Å². The first kappa shape index (κ1) is 21.7. The van der Waals surface area contributed by atoms with Gasteiger partial charge in [0.1, 0.15) is 0 Å². The van der Waals surface area contributed by atoms with E-state index in [2.05, 4.69) is 87.5 Å². The molecule has 0 saturated carbocycles. The van der Waals surface area contributed by atoms with Crippen LogP contribution in [-0.4, -0.2) is 44.6 Å². The zero-order valence-electron chi connectivity index (χ0n) is 20.2. The number of nitrogens with one attached hydrogen (secondary N) is 1. The van der Waals surface area contributed by atoms with Gasteiger partial charge in [0.05, 0.1) is 17.1 Å². The Hall–Kier alpha value is -3.77. The Morgan fingerprint density at radius 1 is 0.943 bits per heavy atom. The number of pyridine rings is 1. The van der Waals surface area contributed by atoms with E-state index in [-0.39, 0.29) is 6.04 Å². The first-order chi connectivity index (χ1) is 17.2. The molecule has 1 atom stereocenters.